The van der Waals surface area contributed by atoms with Crippen molar-refractivity contribution in [3.63, 3.8) is 0 Å². The molecule has 0 spiro atoms. The maximum absolute atomic E-state index is 11.9. The van der Waals surface area contributed by atoms with E-state index in [-0.39, 0.29) is 66.3 Å². The molecule has 2 aromatic carbocycles. The third-order valence-electron chi connectivity index (χ3n) is 4.54. The first-order valence-corrected chi connectivity index (χ1v) is 13.0. The van der Waals surface area contributed by atoms with Gasteiger partial charge in [0.15, 0.2) is 0 Å². The fourth-order valence-electron chi connectivity index (χ4n) is 3.10. The van der Waals surface area contributed by atoms with Gasteiger partial charge in [0.2, 0.25) is 0 Å². The molecule has 0 atom stereocenters. The maximum Gasteiger partial charge on any atom is 1.00 e. The normalized spacial score (nSPS) is 11.2. The Morgan fingerprint density at radius 3 is 1.37 bits per heavy atom. The van der Waals surface area contributed by atoms with Gasteiger partial charge in [-0.2, -0.15) is 16.8 Å². The Labute approximate surface area is 227 Å². The summed E-state index contributed by atoms with van der Waals surface area (Å²) in [5, 5.41) is 9.85. The van der Waals surface area contributed by atoms with E-state index in [4.69, 9.17) is 0 Å². The van der Waals surface area contributed by atoms with Crippen LogP contribution in [0.5, 0.6) is 0 Å². The van der Waals surface area contributed by atoms with Crippen LogP contribution in [0.15, 0.2) is 46.2 Å². The average Bonchev–Trinajstić information content (AvgIpc) is 2.72. The van der Waals surface area contributed by atoms with Crippen molar-refractivity contribution in [1.82, 2.24) is 10.6 Å². The summed E-state index contributed by atoms with van der Waals surface area (Å²) in [6.07, 6.45) is -0.0512. The number of aryl methyl sites for hydroxylation is 2. The summed E-state index contributed by atoms with van der Waals surface area (Å²) in [5.41, 5.74) is 0.577. The van der Waals surface area contributed by atoms with Crippen LogP contribution in [0.4, 0.5) is 21.0 Å². The third kappa shape index (κ3) is 9.40. The second kappa shape index (κ2) is 13.2. The predicted molar refractivity (Wildman–Crippen MR) is 126 cm³/mol. The van der Waals surface area contributed by atoms with Crippen LogP contribution >= 0.6 is 0 Å². The van der Waals surface area contributed by atoms with Crippen molar-refractivity contribution in [2.45, 2.75) is 36.5 Å². The Kier molecular flexibility index (Phi) is 11.6. The zero-order chi connectivity index (χ0) is 25.5. The van der Waals surface area contributed by atoms with Crippen molar-refractivity contribution in [3.8, 4) is 0 Å². The van der Waals surface area contributed by atoms with Crippen LogP contribution in [-0.2, 0) is 33.1 Å². The number of hydrogen-bond donors (Lipinski definition) is 6. The van der Waals surface area contributed by atoms with Crippen molar-refractivity contribution in [2.75, 3.05) is 23.7 Å². The molecule has 0 aliphatic heterocycles. The van der Waals surface area contributed by atoms with Crippen LogP contribution in [0, 0.1) is 0 Å². The number of benzene rings is 2. The fourth-order valence-corrected chi connectivity index (χ4v) is 4.65. The van der Waals surface area contributed by atoms with E-state index >= 15 is 0 Å². The molecule has 0 aliphatic carbocycles. The van der Waals surface area contributed by atoms with Gasteiger partial charge in [0, 0.05) is 24.5 Å². The number of urea groups is 2. The van der Waals surface area contributed by atoms with Gasteiger partial charge in [0.1, 0.15) is 0 Å². The molecule has 0 heterocycles. The van der Waals surface area contributed by atoms with Crippen LogP contribution in [0.2, 0.25) is 0 Å². The standard InChI is InChI=1S/C20H26N4O8S2.Na.H/c1-3-21-19(25)23-15-9-7-13(17(11-15)33(27,28)29)5-6-14-8-10-16(24-20(26)22-4-2)12-18(14)34(30,31)32;;/h7-12H,3-6H2,1-2H3,(H2,21,23,25)(H2,22,24,26)(H,27,28,29)(H,30,31,32);;/q;+1;-1. The van der Waals surface area contributed by atoms with Crippen LogP contribution < -0.4 is 50.8 Å². The smallest absolute Gasteiger partial charge is 1.00 e. The Hall–Kier alpha value is -2.20. The Morgan fingerprint density at radius 2 is 1.09 bits per heavy atom. The van der Waals surface area contributed by atoms with E-state index in [1.165, 1.54) is 24.3 Å². The number of nitrogens with one attached hydrogen (secondary N) is 4. The first-order valence-electron chi connectivity index (χ1n) is 10.2. The monoisotopic (exact) mass is 538 g/mol. The Balaban J connectivity index is 0.00000612. The minimum atomic E-state index is -4.67. The van der Waals surface area contributed by atoms with Crippen LogP contribution in [-0.4, -0.2) is 51.1 Å². The summed E-state index contributed by atoms with van der Waals surface area (Å²) < 4.78 is 66.9. The first-order chi connectivity index (χ1) is 15.8. The zero-order valence-corrected chi connectivity index (χ0v) is 23.1. The van der Waals surface area contributed by atoms with Gasteiger partial charge in [0.05, 0.1) is 9.79 Å². The van der Waals surface area contributed by atoms with Crippen molar-refractivity contribution in [1.29, 1.82) is 0 Å². The molecule has 4 amide bonds. The molecule has 0 unspecified atom stereocenters. The molecule has 0 aliphatic rings. The molecule has 0 radical (unpaired) electrons. The van der Waals surface area contributed by atoms with E-state index in [0.29, 0.717) is 13.1 Å². The molecule has 15 heteroatoms. The van der Waals surface area contributed by atoms with Gasteiger partial charge in [0.25, 0.3) is 20.2 Å². The minimum absolute atomic E-state index is 0. The van der Waals surface area contributed by atoms with Crippen LogP contribution in [0.25, 0.3) is 0 Å². The van der Waals surface area contributed by atoms with E-state index in [2.05, 4.69) is 21.3 Å². The van der Waals surface area contributed by atoms with E-state index in [9.17, 15) is 35.5 Å². The fraction of sp³-hybridized carbons (Fsp3) is 0.300. The molecule has 188 valence electrons. The maximum atomic E-state index is 11.9. The van der Waals surface area contributed by atoms with Gasteiger partial charge >= 0.3 is 41.6 Å². The number of carbonyl (C=O) groups is 2. The quantitative estimate of drug-likeness (QED) is 0.179. The molecular weight excluding hydrogens is 511 g/mol. The molecule has 0 bridgehead atoms. The van der Waals surface area contributed by atoms with E-state index in [1.807, 2.05) is 0 Å². The van der Waals surface area contributed by atoms with Crippen molar-refractivity contribution in [2.24, 2.45) is 0 Å². The van der Waals surface area contributed by atoms with Crippen molar-refractivity contribution >= 4 is 43.7 Å². The summed E-state index contributed by atoms with van der Waals surface area (Å²) >= 11 is 0. The molecule has 35 heavy (non-hydrogen) atoms. The van der Waals surface area contributed by atoms with Gasteiger partial charge in [-0.1, -0.05) is 12.1 Å². The van der Waals surface area contributed by atoms with Crippen LogP contribution in [0.3, 0.4) is 0 Å². The van der Waals surface area contributed by atoms with Gasteiger partial charge in [-0.25, -0.2) is 9.59 Å². The Bertz CT molecular complexity index is 1190. The predicted octanol–water partition coefficient (Wildman–Crippen LogP) is -0.635. The molecule has 0 fully saturated rings. The van der Waals surface area contributed by atoms with Crippen molar-refractivity contribution in [3.05, 3.63) is 47.5 Å². The first kappa shape index (κ1) is 30.8. The van der Waals surface area contributed by atoms with Gasteiger partial charge in [-0.3, -0.25) is 9.11 Å². The number of amides is 4. The van der Waals surface area contributed by atoms with E-state index < -0.39 is 42.1 Å². The molecule has 12 nitrogen and oxygen atoms in total. The summed E-state index contributed by atoms with van der Waals surface area (Å²) in [7, 11) is -9.33. The molecule has 0 saturated carbocycles. The zero-order valence-electron chi connectivity index (χ0n) is 20.5. The molecular formula is C20H27N4NaO8S2. The molecule has 0 aromatic heterocycles. The number of rotatable bonds is 9. The molecule has 2 rings (SSSR count). The minimum Gasteiger partial charge on any atom is -1.00 e. The van der Waals surface area contributed by atoms with Gasteiger partial charge in [-0.05, 0) is 62.1 Å². The molecule has 0 saturated heterocycles. The number of anilines is 2. The molecule has 6 N–H and O–H groups in total. The third-order valence-corrected chi connectivity index (χ3v) is 6.42. The second-order valence-electron chi connectivity index (χ2n) is 7.06. The largest absolute Gasteiger partial charge is 1.00 e. The number of carbonyl (C=O) groups excluding carboxylic acids is 2. The summed E-state index contributed by atoms with van der Waals surface area (Å²) in [6.45, 7) is 4.11. The van der Waals surface area contributed by atoms with E-state index in [0.717, 1.165) is 12.1 Å². The second-order valence-corrected chi connectivity index (χ2v) is 9.84. The number of hydrogen-bond acceptors (Lipinski definition) is 6. The van der Waals surface area contributed by atoms with Gasteiger partial charge < -0.3 is 22.7 Å². The summed E-state index contributed by atoms with van der Waals surface area (Å²) in [4.78, 5) is 22.5. The SMILES string of the molecule is CCNC(=O)Nc1ccc(CCc2ccc(NC(=O)NCC)cc2S(=O)(=O)O)c(S(=O)(=O)O)c1.[H-].[Na+]. The van der Waals surface area contributed by atoms with Gasteiger partial charge in [-0.15, -0.1) is 0 Å². The Morgan fingerprint density at radius 1 is 0.743 bits per heavy atom. The average molecular weight is 539 g/mol. The topological polar surface area (TPSA) is 191 Å². The van der Waals surface area contributed by atoms with E-state index in [1.54, 1.807) is 13.8 Å². The summed E-state index contributed by atoms with van der Waals surface area (Å²) in [6, 6.07) is 6.67. The summed E-state index contributed by atoms with van der Waals surface area (Å²) in [5.74, 6) is 0. The van der Waals surface area contributed by atoms with Crippen molar-refractivity contribution < 1.29 is 66.5 Å². The molecule has 2 aromatic rings. The van der Waals surface area contributed by atoms with Crippen LogP contribution in [0.1, 0.15) is 26.4 Å².